The number of carbonyl (C=O) groups excluding carboxylic acids is 2. The number of nitrogens with one attached hydrogen (secondary N) is 2. The summed E-state index contributed by atoms with van der Waals surface area (Å²) < 4.78 is 0. The van der Waals surface area contributed by atoms with Crippen molar-refractivity contribution in [2.24, 2.45) is 11.8 Å². The summed E-state index contributed by atoms with van der Waals surface area (Å²) in [5, 5.41) is 6.60. The van der Waals surface area contributed by atoms with Crippen LogP contribution in [0, 0.1) is 18.8 Å². The van der Waals surface area contributed by atoms with Gasteiger partial charge in [-0.1, -0.05) is 17.7 Å². The Morgan fingerprint density at radius 3 is 2.41 bits per heavy atom. The van der Waals surface area contributed by atoms with E-state index >= 15 is 0 Å². The lowest BCUT2D eigenvalue weighted by Crippen LogP contribution is -2.35. The number of benzene rings is 1. The van der Waals surface area contributed by atoms with E-state index in [0.717, 1.165) is 42.6 Å². The molecule has 6 heteroatoms. The van der Waals surface area contributed by atoms with Gasteiger partial charge in [0.25, 0.3) is 0 Å². The van der Waals surface area contributed by atoms with Gasteiger partial charge in [0.05, 0.1) is 12.2 Å². The van der Waals surface area contributed by atoms with E-state index in [1.165, 1.54) is 0 Å². The Labute approximate surface area is 164 Å². The van der Waals surface area contributed by atoms with Crippen molar-refractivity contribution in [2.45, 2.75) is 39.2 Å². The standard InChI is InChI=1S/C21H24ClN3O2/c1-14-12-17(22)9-10-19(14)25-21(27)16-7-5-15(6-8-16)20(26)24-13-18-4-2-3-11-23-18/h2-4,9-12,15-16H,5-8,13H2,1H3,(H,24,26)(H,25,27). The minimum Gasteiger partial charge on any atom is -0.350 e. The summed E-state index contributed by atoms with van der Waals surface area (Å²) in [6.07, 6.45) is 4.62. The molecule has 27 heavy (non-hydrogen) atoms. The SMILES string of the molecule is Cc1cc(Cl)ccc1NC(=O)C1CCC(C(=O)NCc2ccccn2)CC1. The predicted molar refractivity (Wildman–Crippen MR) is 106 cm³/mol. The molecular weight excluding hydrogens is 362 g/mol. The maximum Gasteiger partial charge on any atom is 0.227 e. The number of halogens is 1. The van der Waals surface area contributed by atoms with Gasteiger partial charge >= 0.3 is 0 Å². The first-order chi connectivity index (χ1) is 13.0. The number of pyridine rings is 1. The normalized spacial score (nSPS) is 19.3. The largest absolute Gasteiger partial charge is 0.350 e. The van der Waals surface area contributed by atoms with Crippen LogP contribution in [-0.2, 0) is 16.1 Å². The molecule has 0 aliphatic heterocycles. The van der Waals surface area contributed by atoms with Gasteiger partial charge in [-0.2, -0.15) is 0 Å². The van der Waals surface area contributed by atoms with Crippen molar-refractivity contribution in [3.63, 3.8) is 0 Å². The molecule has 1 aromatic heterocycles. The van der Waals surface area contributed by atoms with E-state index in [0.29, 0.717) is 11.6 Å². The summed E-state index contributed by atoms with van der Waals surface area (Å²) in [7, 11) is 0. The monoisotopic (exact) mass is 385 g/mol. The van der Waals surface area contributed by atoms with Crippen molar-refractivity contribution in [3.8, 4) is 0 Å². The molecule has 2 amide bonds. The molecule has 1 saturated carbocycles. The summed E-state index contributed by atoms with van der Waals surface area (Å²) in [4.78, 5) is 29.1. The molecule has 2 N–H and O–H groups in total. The summed E-state index contributed by atoms with van der Waals surface area (Å²) in [6, 6.07) is 11.1. The van der Waals surface area contributed by atoms with Crippen LogP contribution < -0.4 is 10.6 Å². The summed E-state index contributed by atoms with van der Waals surface area (Å²) in [5.74, 6) is -0.0178. The fraction of sp³-hybridized carbons (Fsp3) is 0.381. The van der Waals surface area contributed by atoms with E-state index in [2.05, 4.69) is 15.6 Å². The second kappa shape index (κ2) is 9.00. The molecule has 5 nitrogen and oxygen atoms in total. The second-order valence-electron chi connectivity index (χ2n) is 7.04. The maximum absolute atomic E-state index is 12.5. The van der Waals surface area contributed by atoms with E-state index in [9.17, 15) is 9.59 Å². The first kappa shape index (κ1) is 19.4. The first-order valence-electron chi connectivity index (χ1n) is 9.27. The van der Waals surface area contributed by atoms with Gasteiger partial charge in [-0.15, -0.1) is 0 Å². The van der Waals surface area contributed by atoms with Crippen LogP contribution in [0.4, 0.5) is 5.69 Å². The van der Waals surface area contributed by atoms with Crippen LogP contribution in [0.3, 0.4) is 0 Å². The van der Waals surface area contributed by atoms with Crippen LogP contribution in [0.5, 0.6) is 0 Å². The molecule has 0 atom stereocenters. The second-order valence-corrected chi connectivity index (χ2v) is 7.47. The zero-order valence-electron chi connectivity index (χ0n) is 15.4. The molecule has 142 valence electrons. The fourth-order valence-electron chi connectivity index (χ4n) is 3.44. The van der Waals surface area contributed by atoms with Gasteiger partial charge in [0.1, 0.15) is 0 Å². The molecule has 0 spiro atoms. The zero-order valence-corrected chi connectivity index (χ0v) is 16.1. The van der Waals surface area contributed by atoms with Crippen molar-refractivity contribution in [1.82, 2.24) is 10.3 Å². The number of hydrogen-bond donors (Lipinski definition) is 2. The Balaban J connectivity index is 1.46. The van der Waals surface area contributed by atoms with Gasteiger partial charge < -0.3 is 10.6 Å². The number of amides is 2. The molecule has 0 unspecified atom stereocenters. The van der Waals surface area contributed by atoms with E-state index < -0.39 is 0 Å². The highest BCUT2D eigenvalue weighted by atomic mass is 35.5. The topological polar surface area (TPSA) is 71.1 Å². The highest BCUT2D eigenvalue weighted by Crippen LogP contribution is 2.30. The van der Waals surface area contributed by atoms with E-state index in [4.69, 9.17) is 11.6 Å². The van der Waals surface area contributed by atoms with Crippen LogP contribution in [-0.4, -0.2) is 16.8 Å². The molecular formula is C21H24ClN3O2. The van der Waals surface area contributed by atoms with Gasteiger partial charge in [-0.25, -0.2) is 0 Å². The maximum atomic E-state index is 12.5. The van der Waals surface area contributed by atoms with Gasteiger partial charge in [0.15, 0.2) is 0 Å². The van der Waals surface area contributed by atoms with Crippen molar-refractivity contribution in [3.05, 3.63) is 58.9 Å². The highest BCUT2D eigenvalue weighted by Gasteiger charge is 2.30. The summed E-state index contributed by atoms with van der Waals surface area (Å²) in [6.45, 7) is 2.36. The van der Waals surface area contributed by atoms with Gasteiger partial charge in [-0.05, 0) is 68.5 Å². The van der Waals surface area contributed by atoms with Crippen molar-refractivity contribution < 1.29 is 9.59 Å². The number of nitrogens with zero attached hydrogens (tertiary/aromatic N) is 1. The molecule has 0 radical (unpaired) electrons. The molecule has 1 heterocycles. The third-order valence-corrected chi connectivity index (χ3v) is 5.32. The molecule has 1 aliphatic rings. The Hall–Kier alpha value is -2.40. The van der Waals surface area contributed by atoms with E-state index in [1.54, 1.807) is 12.3 Å². The van der Waals surface area contributed by atoms with Gasteiger partial charge in [-0.3, -0.25) is 14.6 Å². The van der Waals surface area contributed by atoms with Crippen molar-refractivity contribution >= 4 is 29.1 Å². The number of anilines is 1. The lowest BCUT2D eigenvalue weighted by Gasteiger charge is -2.27. The molecule has 0 saturated heterocycles. The molecule has 0 bridgehead atoms. The number of aryl methyl sites for hydroxylation is 1. The molecule has 1 fully saturated rings. The Bertz CT molecular complexity index is 802. The predicted octanol–water partition coefficient (Wildman–Crippen LogP) is 4.10. The van der Waals surface area contributed by atoms with Crippen LogP contribution in [0.15, 0.2) is 42.6 Å². The highest BCUT2D eigenvalue weighted by molar-refractivity contribution is 6.30. The van der Waals surface area contributed by atoms with Crippen molar-refractivity contribution in [1.29, 1.82) is 0 Å². The third-order valence-electron chi connectivity index (χ3n) is 5.08. The first-order valence-corrected chi connectivity index (χ1v) is 9.65. The summed E-state index contributed by atoms with van der Waals surface area (Å²) >= 11 is 5.96. The van der Waals surface area contributed by atoms with Crippen LogP contribution in [0.25, 0.3) is 0 Å². The quantitative estimate of drug-likeness (QED) is 0.813. The number of carbonyl (C=O) groups is 2. The van der Waals surface area contributed by atoms with Crippen molar-refractivity contribution in [2.75, 3.05) is 5.32 Å². The Morgan fingerprint density at radius 2 is 1.78 bits per heavy atom. The molecule has 1 aromatic carbocycles. The van der Waals surface area contributed by atoms with E-state index in [-0.39, 0.29) is 23.7 Å². The Morgan fingerprint density at radius 1 is 1.07 bits per heavy atom. The lowest BCUT2D eigenvalue weighted by molar-refractivity contribution is -0.128. The molecule has 3 rings (SSSR count). The average Bonchev–Trinajstić information content (AvgIpc) is 2.69. The van der Waals surface area contributed by atoms with Crippen LogP contribution in [0.1, 0.15) is 36.9 Å². The van der Waals surface area contributed by atoms with Crippen LogP contribution >= 0.6 is 11.6 Å². The minimum absolute atomic E-state index is 0.0211. The lowest BCUT2D eigenvalue weighted by atomic mass is 9.81. The van der Waals surface area contributed by atoms with E-state index in [1.807, 2.05) is 37.3 Å². The van der Waals surface area contributed by atoms with Crippen LogP contribution in [0.2, 0.25) is 5.02 Å². The smallest absolute Gasteiger partial charge is 0.227 e. The minimum atomic E-state index is -0.0556. The van der Waals surface area contributed by atoms with Gasteiger partial charge in [0.2, 0.25) is 11.8 Å². The Kier molecular flexibility index (Phi) is 6.45. The molecule has 2 aromatic rings. The number of rotatable bonds is 5. The number of aromatic nitrogens is 1. The van der Waals surface area contributed by atoms with Gasteiger partial charge in [0, 0.05) is 28.7 Å². The zero-order chi connectivity index (χ0) is 19.2. The third kappa shape index (κ3) is 5.30. The summed E-state index contributed by atoms with van der Waals surface area (Å²) in [5.41, 5.74) is 2.58. The number of hydrogen-bond acceptors (Lipinski definition) is 3. The average molecular weight is 386 g/mol. The fourth-order valence-corrected chi connectivity index (χ4v) is 3.67. The molecule has 1 aliphatic carbocycles.